The molecule has 20 heterocycles. The molecule has 7 aliphatic rings. The van der Waals surface area contributed by atoms with Gasteiger partial charge in [0.15, 0.2) is 0 Å². The number of aliphatic imine (C=N–C) groups is 2. The van der Waals surface area contributed by atoms with E-state index in [1.54, 1.807) is 24.9 Å². The smallest absolute Gasteiger partial charge is 0.225 e. The van der Waals surface area contributed by atoms with Crippen molar-refractivity contribution in [1.29, 1.82) is 0 Å². The number of H-pyrrole nitrogens is 1. The Hall–Kier alpha value is -14.3. The largest absolute Gasteiger partial charge is 0.474 e. The highest BCUT2D eigenvalue weighted by Crippen LogP contribution is 2.42. The summed E-state index contributed by atoms with van der Waals surface area (Å²) < 4.78 is 73.1. The minimum absolute atomic E-state index is 0.124. The Morgan fingerprint density at radius 3 is 0.986 bits per heavy atom. The van der Waals surface area contributed by atoms with Gasteiger partial charge in [0, 0.05) is 168 Å². The zero-order valence-electron chi connectivity index (χ0n) is 81.0. The fourth-order valence-electron chi connectivity index (χ4n) is 19.5. The SMILES string of the molecule is CC(C)n1cnc2cc(-c3nn(C)c4ccnc(OC5CCOCC5)c34)ccc21.CC(C)n1cnc2cc(C3=NCc4ccnc(OC5CCOCC5)c43)ccc21.CC(C)n1cnc2ccc(-c3nn(C)c4ccnc(OC5CCOCC5)c34)cc21.CC(C)n1cnc2ccc(C3=NCc4ccnc(OC5CCOCC5)c43)cc21.Cn1nc(-c2ccc3nc[nH]c3c2)c2c(OC3CCOCC3)nccc21. The number of pyridine rings is 5. The Balaban J connectivity index is 0.000000104. The summed E-state index contributed by atoms with van der Waals surface area (Å²) in [6.45, 7) is 26.0. The molecule has 0 amide bonds. The first-order valence-corrected chi connectivity index (χ1v) is 49.0. The van der Waals surface area contributed by atoms with Crippen LogP contribution < -0.4 is 23.7 Å². The summed E-state index contributed by atoms with van der Waals surface area (Å²) in [5.74, 6) is 3.31. The fraction of sp³-hybridized carbons (Fsp3) is 0.393. The molecule has 0 spiro atoms. The minimum atomic E-state index is 0.124. The van der Waals surface area contributed by atoms with Gasteiger partial charge in [-0.15, -0.1) is 0 Å². The first kappa shape index (κ1) is 92.1. The topological polar surface area (TPSA) is 335 Å². The van der Waals surface area contributed by atoms with E-state index in [-0.39, 0.29) is 30.5 Å². The summed E-state index contributed by atoms with van der Waals surface area (Å²) in [5, 5.41) is 17.2. The van der Waals surface area contributed by atoms with E-state index in [0.717, 1.165) is 286 Å². The molecule has 18 aromatic rings. The Kier molecular flexibility index (Phi) is 26.8. The Labute approximate surface area is 809 Å². The van der Waals surface area contributed by atoms with E-state index in [1.807, 2.05) is 115 Å². The van der Waals surface area contributed by atoms with E-state index >= 15 is 0 Å². The van der Waals surface area contributed by atoms with Crippen LogP contribution in [0.3, 0.4) is 0 Å². The number of aryl methyl sites for hydroxylation is 3. The molecule has 1 N–H and O–H groups in total. The molecule has 33 heteroatoms. The molecular weight excluding hydrogens is 1770 g/mol. The maximum Gasteiger partial charge on any atom is 0.225 e. The number of nitrogens with one attached hydrogen (secondary N) is 1. The number of hydrogen-bond donors (Lipinski definition) is 1. The van der Waals surface area contributed by atoms with E-state index in [0.29, 0.717) is 66.7 Å². The van der Waals surface area contributed by atoms with Gasteiger partial charge in [-0.25, -0.2) is 49.8 Å². The summed E-state index contributed by atoms with van der Waals surface area (Å²) in [6.07, 6.45) is 27.9. The van der Waals surface area contributed by atoms with Gasteiger partial charge in [0.25, 0.3) is 0 Å². The van der Waals surface area contributed by atoms with Crippen molar-refractivity contribution in [3.8, 4) is 63.2 Å². The van der Waals surface area contributed by atoms with Crippen molar-refractivity contribution in [3.63, 3.8) is 0 Å². The summed E-state index contributed by atoms with van der Waals surface area (Å²) in [4.78, 5) is 58.1. The number of rotatable bonds is 19. The molecule has 7 aliphatic heterocycles. The zero-order chi connectivity index (χ0) is 95.6. The zero-order valence-corrected chi connectivity index (χ0v) is 81.0. The fourth-order valence-corrected chi connectivity index (χ4v) is 19.5. The molecule has 13 aromatic heterocycles. The number of fused-ring (bicyclic) bond motifs is 10. The maximum atomic E-state index is 6.32. The van der Waals surface area contributed by atoms with Crippen molar-refractivity contribution in [2.75, 3.05) is 66.1 Å². The van der Waals surface area contributed by atoms with Crippen molar-refractivity contribution in [1.82, 2.24) is 102 Å². The van der Waals surface area contributed by atoms with Crippen molar-refractivity contribution in [2.45, 2.75) is 187 Å². The Bertz CT molecular complexity index is 7570. The maximum absolute atomic E-state index is 6.32. The van der Waals surface area contributed by atoms with Crippen LogP contribution in [0.1, 0.15) is 177 Å². The van der Waals surface area contributed by atoms with Gasteiger partial charge in [-0.05, 0) is 158 Å². The third-order valence-electron chi connectivity index (χ3n) is 27.0. The number of benzene rings is 5. The third kappa shape index (κ3) is 19.1. The van der Waals surface area contributed by atoms with Gasteiger partial charge >= 0.3 is 0 Å². The number of ether oxygens (including phenoxy) is 10. The molecule has 720 valence electrons. The van der Waals surface area contributed by atoms with Crippen LogP contribution in [0.25, 0.3) is 122 Å². The van der Waals surface area contributed by atoms with Crippen LogP contribution in [-0.2, 0) is 57.9 Å². The van der Waals surface area contributed by atoms with Crippen LogP contribution in [0.4, 0.5) is 0 Å². The molecule has 5 fully saturated rings. The number of imidazole rings is 5. The van der Waals surface area contributed by atoms with Crippen molar-refractivity contribution in [2.24, 2.45) is 31.1 Å². The van der Waals surface area contributed by atoms with Gasteiger partial charge < -0.3 is 70.6 Å². The second-order valence-corrected chi connectivity index (χ2v) is 37.7. The molecule has 33 nitrogen and oxygen atoms in total. The number of aromatic nitrogens is 21. The quantitative estimate of drug-likeness (QED) is 0.0786. The second-order valence-electron chi connectivity index (χ2n) is 37.7. The lowest BCUT2D eigenvalue weighted by atomic mass is 10.0. The molecule has 140 heavy (non-hydrogen) atoms. The first-order chi connectivity index (χ1) is 68.4. The lowest BCUT2D eigenvalue weighted by Crippen LogP contribution is -2.27. The average Bonchev–Trinajstić information content (AvgIpc) is 1.62. The van der Waals surface area contributed by atoms with Gasteiger partial charge in [0.2, 0.25) is 29.4 Å². The van der Waals surface area contributed by atoms with E-state index in [4.69, 9.17) is 72.6 Å². The van der Waals surface area contributed by atoms with Gasteiger partial charge in [-0.1, -0.05) is 30.3 Å². The lowest BCUT2D eigenvalue weighted by molar-refractivity contribution is 0.0234. The summed E-state index contributed by atoms with van der Waals surface area (Å²) in [7, 11) is 5.86. The minimum Gasteiger partial charge on any atom is -0.474 e. The van der Waals surface area contributed by atoms with Gasteiger partial charge in [-0.3, -0.25) is 24.0 Å². The highest BCUT2D eigenvalue weighted by molar-refractivity contribution is 6.18. The Morgan fingerprint density at radius 1 is 0.293 bits per heavy atom. The molecule has 0 bridgehead atoms. The predicted molar refractivity (Wildman–Crippen MR) is 539 cm³/mol. The molecular formula is C107H117N23O10. The first-order valence-electron chi connectivity index (χ1n) is 49.0. The van der Waals surface area contributed by atoms with Crippen LogP contribution in [-0.4, -0.2) is 210 Å². The van der Waals surface area contributed by atoms with Crippen LogP contribution >= 0.6 is 0 Å². The van der Waals surface area contributed by atoms with E-state index in [9.17, 15) is 0 Å². The molecule has 0 unspecified atom stereocenters. The third-order valence-corrected chi connectivity index (χ3v) is 27.0. The molecule has 5 aromatic carbocycles. The van der Waals surface area contributed by atoms with Crippen molar-refractivity contribution < 1.29 is 47.4 Å². The van der Waals surface area contributed by atoms with Crippen LogP contribution in [0.5, 0.6) is 29.4 Å². The van der Waals surface area contributed by atoms with Crippen LogP contribution in [0.2, 0.25) is 0 Å². The van der Waals surface area contributed by atoms with Crippen molar-refractivity contribution >= 4 is 99.3 Å². The van der Waals surface area contributed by atoms with E-state index < -0.39 is 0 Å². The number of aromatic amines is 1. The summed E-state index contributed by atoms with van der Waals surface area (Å²) in [5.41, 5.74) is 27.5. The predicted octanol–water partition coefficient (Wildman–Crippen LogP) is 19.2. The summed E-state index contributed by atoms with van der Waals surface area (Å²) >= 11 is 0. The normalized spacial score (nSPS) is 16.2. The lowest BCUT2D eigenvalue weighted by Gasteiger charge is -2.24. The second kappa shape index (κ2) is 40.7. The standard InChI is InChI=1S/2C22H25N5O2.2C22H24N4O2.C19H19N5O2/c1-14(2)27-13-24-17-12-15(4-5-18(17)27)21-20-19(26(3)25-21)6-9-23-22(20)29-16-7-10-28-11-8-16;1-14(2)27-13-24-17-5-4-15(12-19(17)27)21-20-18(26(3)25-21)6-9-23-22(20)29-16-7-10-28-11-8-16;1-14(2)26-13-25-18-11-15(3-4-19(18)26)21-20-16(12-24-21)5-8-23-22(20)28-17-6-9-27-10-7-17;1-14(2)26-13-25-18-4-3-15(11-19(18)26)21-20-16(12-24-21)5-8-23-22(20)28-17-6-9-27-10-7-17;1-24-16-4-7-20-19(26-13-5-8-25-9-6-13)17(16)18(23-24)12-2-3-14-15(10-12)22-11-21-14/h2*4-6,9,12-14,16H,7-8,10-11H2,1-3H3;2*3-5,8,11,13-14,17H,6-7,9-10,12H2,1-2H3;2-4,7,10-11,13H,5-6,8-9H2,1H3,(H,21,22). The molecule has 0 radical (unpaired) electrons. The van der Waals surface area contributed by atoms with E-state index in [1.165, 1.54) is 11.1 Å². The highest BCUT2D eigenvalue weighted by atomic mass is 16.5. The van der Waals surface area contributed by atoms with Crippen LogP contribution in [0, 0.1) is 0 Å². The van der Waals surface area contributed by atoms with Crippen LogP contribution in [0.15, 0.2) is 194 Å². The van der Waals surface area contributed by atoms with Gasteiger partial charge in [0.1, 0.15) is 47.6 Å². The number of hydrogen-bond acceptors (Lipinski definition) is 25. The summed E-state index contributed by atoms with van der Waals surface area (Å²) in [6, 6.07) is 42.9. The molecule has 25 rings (SSSR count). The van der Waals surface area contributed by atoms with Gasteiger partial charge in [-0.2, -0.15) is 15.3 Å². The average molecular weight is 1890 g/mol. The van der Waals surface area contributed by atoms with Crippen molar-refractivity contribution in [3.05, 3.63) is 217 Å². The molecule has 5 saturated heterocycles. The highest BCUT2D eigenvalue weighted by Gasteiger charge is 2.32. The molecule has 0 saturated carbocycles. The Morgan fingerprint density at radius 2 is 0.593 bits per heavy atom. The monoisotopic (exact) mass is 1880 g/mol. The molecule has 0 atom stereocenters. The molecule has 0 aliphatic carbocycles. The van der Waals surface area contributed by atoms with E-state index in [2.05, 4.69) is 207 Å². The van der Waals surface area contributed by atoms with Gasteiger partial charge in [0.05, 0.1) is 221 Å². The number of nitrogens with zero attached hydrogens (tertiary/aromatic N) is 22.